The van der Waals surface area contributed by atoms with Gasteiger partial charge in [-0.25, -0.2) is 0 Å². The second kappa shape index (κ2) is 5.52. The van der Waals surface area contributed by atoms with E-state index < -0.39 is 0 Å². The molecule has 1 heteroatoms. The summed E-state index contributed by atoms with van der Waals surface area (Å²) in [6, 6.07) is 10.2. The average molecular weight is 269 g/mol. The lowest BCUT2D eigenvalue weighted by Crippen LogP contribution is -2.27. The summed E-state index contributed by atoms with van der Waals surface area (Å²) in [5, 5.41) is 3.77. The van der Waals surface area contributed by atoms with Gasteiger partial charge in [-0.05, 0) is 74.0 Å². The first-order valence-corrected chi connectivity index (χ1v) is 8.74. The number of rotatable bonds is 5. The van der Waals surface area contributed by atoms with Crippen molar-refractivity contribution in [1.29, 1.82) is 0 Å². The van der Waals surface area contributed by atoms with E-state index in [1.165, 1.54) is 57.9 Å². The van der Waals surface area contributed by atoms with E-state index in [1.54, 1.807) is 11.1 Å². The van der Waals surface area contributed by atoms with Crippen LogP contribution in [0.5, 0.6) is 0 Å². The normalized spacial score (nSPS) is 30.4. The average Bonchev–Trinajstić information content (AvgIpc) is 3.13. The number of nitrogens with one attached hydrogen (secondary N) is 1. The molecule has 1 aromatic rings. The molecule has 0 saturated heterocycles. The molecule has 3 aliphatic rings. The maximum absolute atomic E-state index is 3.77. The highest BCUT2D eigenvalue weighted by Crippen LogP contribution is 2.46. The van der Waals surface area contributed by atoms with E-state index in [1.807, 2.05) is 0 Å². The molecule has 0 bridgehead atoms. The Kier molecular flexibility index (Phi) is 3.56. The van der Waals surface area contributed by atoms with Crippen molar-refractivity contribution in [3.05, 3.63) is 35.4 Å². The van der Waals surface area contributed by atoms with E-state index in [-0.39, 0.29) is 0 Å². The van der Waals surface area contributed by atoms with Gasteiger partial charge in [0.15, 0.2) is 0 Å². The summed E-state index contributed by atoms with van der Waals surface area (Å²) >= 11 is 0. The minimum absolute atomic E-state index is 0.832. The van der Waals surface area contributed by atoms with Gasteiger partial charge in [0.1, 0.15) is 0 Å². The summed E-state index contributed by atoms with van der Waals surface area (Å²) in [5.74, 6) is 2.60. The molecule has 3 aliphatic carbocycles. The van der Waals surface area contributed by atoms with Gasteiger partial charge in [-0.2, -0.15) is 0 Å². The van der Waals surface area contributed by atoms with Gasteiger partial charge in [0.05, 0.1) is 0 Å². The summed E-state index contributed by atoms with van der Waals surface area (Å²) in [5.41, 5.74) is 3.40. The molecule has 0 aliphatic heterocycles. The number of benzene rings is 1. The summed E-state index contributed by atoms with van der Waals surface area (Å²) in [6.45, 7) is 1.26. The molecule has 108 valence electrons. The van der Waals surface area contributed by atoms with Crippen molar-refractivity contribution < 1.29 is 0 Å². The predicted octanol–water partition coefficient (Wildman–Crippen LogP) is 4.59. The van der Waals surface area contributed by atoms with Gasteiger partial charge in [-0.15, -0.1) is 0 Å². The van der Waals surface area contributed by atoms with Crippen LogP contribution >= 0.6 is 0 Å². The van der Waals surface area contributed by atoms with Crippen LogP contribution in [-0.2, 0) is 0 Å². The van der Waals surface area contributed by atoms with Crippen molar-refractivity contribution in [1.82, 2.24) is 5.32 Å². The maximum atomic E-state index is 3.77. The maximum Gasteiger partial charge on any atom is 0.00683 e. The SMILES string of the molecule is c1ccc(C2CCCC2CNC2CC2)c(C2CCC2)c1. The fraction of sp³-hybridized carbons (Fsp3) is 0.684. The lowest BCUT2D eigenvalue weighted by molar-refractivity contribution is 0.402. The van der Waals surface area contributed by atoms with E-state index >= 15 is 0 Å². The summed E-state index contributed by atoms with van der Waals surface area (Å²) < 4.78 is 0. The third-order valence-electron chi connectivity index (χ3n) is 5.85. The lowest BCUT2D eigenvalue weighted by atomic mass is 9.74. The Hall–Kier alpha value is -0.820. The van der Waals surface area contributed by atoms with Gasteiger partial charge >= 0.3 is 0 Å². The molecule has 0 radical (unpaired) electrons. The van der Waals surface area contributed by atoms with E-state index in [2.05, 4.69) is 29.6 Å². The van der Waals surface area contributed by atoms with Crippen LogP contribution in [-0.4, -0.2) is 12.6 Å². The smallest absolute Gasteiger partial charge is 0.00683 e. The Morgan fingerprint density at radius 3 is 2.30 bits per heavy atom. The van der Waals surface area contributed by atoms with Gasteiger partial charge in [-0.1, -0.05) is 37.1 Å². The van der Waals surface area contributed by atoms with E-state index in [9.17, 15) is 0 Å². The highest BCUT2D eigenvalue weighted by molar-refractivity contribution is 5.35. The van der Waals surface area contributed by atoms with Gasteiger partial charge < -0.3 is 5.32 Å². The van der Waals surface area contributed by atoms with Crippen LogP contribution in [0.2, 0.25) is 0 Å². The molecule has 20 heavy (non-hydrogen) atoms. The van der Waals surface area contributed by atoms with Crippen LogP contribution in [0, 0.1) is 5.92 Å². The first kappa shape index (κ1) is 12.9. The molecule has 2 atom stereocenters. The molecule has 0 aromatic heterocycles. The molecule has 1 aromatic carbocycles. The first-order valence-electron chi connectivity index (χ1n) is 8.74. The fourth-order valence-corrected chi connectivity index (χ4v) is 4.24. The van der Waals surface area contributed by atoms with Crippen molar-refractivity contribution in [3.63, 3.8) is 0 Å². The highest BCUT2D eigenvalue weighted by Gasteiger charge is 2.33. The molecule has 1 nitrogen and oxygen atoms in total. The zero-order valence-corrected chi connectivity index (χ0v) is 12.5. The van der Waals surface area contributed by atoms with Crippen molar-refractivity contribution in [2.75, 3.05) is 6.54 Å². The minimum Gasteiger partial charge on any atom is -0.314 e. The minimum atomic E-state index is 0.832. The molecule has 0 spiro atoms. The van der Waals surface area contributed by atoms with Crippen molar-refractivity contribution >= 4 is 0 Å². The zero-order valence-electron chi connectivity index (χ0n) is 12.5. The third kappa shape index (κ3) is 2.53. The largest absolute Gasteiger partial charge is 0.314 e. The summed E-state index contributed by atoms with van der Waals surface area (Å²) in [6.07, 6.45) is 11.4. The fourth-order valence-electron chi connectivity index (χ4n) is 4.24. The van der Waals surface area contributed by atoms with Crippen molar-refractivity contribution in [2.45, 2.75) is 69.2 Å². The third-order valence-corrected chi connectivity index (χ3v) is 5.85. The lowest BCUT2D eigenvalue weighted by Gasteiger charge is -2.31. The van der Waals surface area contributed by atoms with Gasteiger partial charge in [0, 0.05) is 6.04 Å². The Balaban J connectivity index is 1.52. The topological polar surface area (TPSA) is 12.0 Å². The summed E-state index contributed by atoms with van der Waals surface area (Å²) in [7, 11) is 0. The molecule has 0 heterocycles. The van der Waals surface area contributed by atoms with Crippen LogP contribution in [0.25, 0.3) is 0 Å². The molecular formula is C19H27N. The van der Waals surface area contributed by atoms with Gasteiger partial charge in [0.2, 0.25) is 0 Å². The number of hydrogen-bond donors (Lipinski definition) is 1. The van der Waals surface area contributed by atoms with Crippen LogP contribution in [0.3, 0.4) is 0 Å². The van der Waals surface area contributed by atoms with Crippen molar-refractivity contribution in [2.24, 2.45) is 5.92 Å². The van der Waals surface area contributed by atoms with Crippen LogP contribution in [0.4, 0.5) is 0 Å². The second-order valence-corrected chi connectivity index (χ2v) is 7.24. The number of hydrogen-bond acceptors (Lipinski definition) is 1. The molecule has 3 saturated carbocycles. The monoisotopic (exact) mass is 269 g/mol. The Bertz CT molecular complexity index is 459. The molecule has 0 amide bonds. The van der Waals surface area contributed by atoms with Crippen LogP contribution in [0.1, 0.15) is 74.3 Å². The highest BCUT2D eigenvalue weighted by atomic mass is 14.9. The van der Waals surface area contributed by atoms with Crippen LogP contribution in [0.15, 0.2) is 24.3 Å². The van der Waals surface area contributed by atoms with E-state index in [4.69, 9.17) is 0 Å². The molecular weight excluding hydrogens is 242 g/mol. The Morgan fingerprint density at radius 2 is 1.60 bits per heavy atom. The molecule has 4 rings (SSSR count). The predicted molar refractivity (Wildman–Crippen MR) is 84.1 cm³/mol. The molecule has 3 fully saturated rings. The van der Waals surface area contributed by atoms with E-state index in [0.29, 0.717) is 0 Å². The Labute approximate surface area is 123 Å². The molecule has 1 N–H and O–H groups in total. The van der Waals surface area contributed by atoms with Gasteiger partial charge in [-0.3, -0.25) is 0 Å². The van der Waals surface area contributed by atoms with Gasteiger partial charge in [0.25, 0.3) is 0 Å². The second-order valence-electron chi connectivity index (χ2n) is 7.24. The molecule has 2 unspecified atom stereocenters. The Morgan fingerprint density at radius 1 is 0.850 bits per heavy atom. The van der Waals surface area contributed by atoms with Crippen molar-refractivity contribution in [3.8, 4) is 0 Å². The quantitative estimate of drug-likeness (QED) is 0.824. The summed E-state index contributed by atoms with van der Waals surface area (Å²) in [4.78, 5) is 0. The van der Waals surface area contributed by atoms with Crippen LogP contribution < -0.4 is 5.32 Å². The zero-order chi connectivity index (χ0) is 13.4. The first-order chi connectivity index (χ1) is 9.92. The standard InChI is InChI=1S/C19H27N/c1-2-9-19(17(8-1)14-5-3-6-14)18-10-4-7-15(18)13-20-16-11-12-16/h1-2,8-9,14-16,18,20H,3-7,10-13H2. The van der Waals surface area contributed by atoms with E-state index in [0.717, 1.165) is 23.8 Å².